The first kappa shape index (κ1) is 20.0. The van der Waals surface area contributed by atoms with Crippen molar-refractivity contribution in [3.8, 4) is 5.82 Å². The summed E-state index contributed by atoms with van der Waals surface area (Å²) in [6.07, 6.45) is 5.03. The first-order chi connectivity index (χ1) is 15.0. The Hall–Kier alpha value is -4.27. The highest BCUT2D eigenvalue weighted by Gasteiger charge is 2.28. The van der Waals surface area contributed by atoms with E-state index in [1.165, 1.54) is 16.9 Å². The molecule has 4 rings (SSSR count). The summed E-state index contributed by atoms with van der Waals surface area (Å²) in [6, 6.07) is 13.3. The zero-order chi connectivity index (χ0) is 22.0. The molecule has 2 amide bonds. The van der Waals surface area contributed by atoms with Crippen LogP contribution in [0.3, 0.4) is 0 Å². The van der Waals surface area contributed by atoms with Gasteiger partial charge in [-0.15, -0.1) is 0 Å². The van der Waals surface area contributed by atoms with E-state index in [4.69, 9.17) is 5.73 Å². The van der Waals surface area contributed by atoms with E-state index in [0.29, 0.717) is 5.82 Å². The zero-order valence-electron chi connectivity index (χ0n) is 16.7. The van der Waals surface area contributed by atoms with Crippen LogP contribution < -0.4 is 11.1 Å². The highest BCUT2D eigenvalue weighted by molar-refractivity contribution is 6.38. The van der Waals surface area contributed by atoms with Gasteiger partial charge in [0.15, 0.2) is 5.82 Å². The van der Waals surface area contributed by atoms with Gasteiger partial charge in [0, 0.05) is 36.8 Å². The van der Waals surface area contributed by atoms with Gasteiger partial charge >= 0.3 is 0 Å². The van der Waals surface area contributed by atoms with Crippen LogP contribution in [0.25, 0.3) is 16.7 Å². The number of benzene rings is 1. The fourth-order valence-corrected chi connectivity index (χ4v) is 3.56. The van der Waals surface area contributed by atoms with Crippen molar-refractivity contribution in [2.45, 2.75) is 12.5 Å². The van der Waals surface area contributed by atoms with Crippen LogP contribution in [-0.4, -0.2) is 43.0 Å². The number of rotatable bonds is 7. The van der Waals surface area contributed by atoms with E-state index >= 15 is 0 Å². The lowest BCUT2D eigenvalue weighted by Crippen LogP contribution is -2.47. The first-order valence-electron chi connectivity index (χ1n) is 9.58. The average Bonchev–Trinajstić information content (AvgIpc) is 3.39. The Morgan fingerprint density at radius 2 is 1.84 bits per heavy atom. The number of amides is 2. The number of hydrogen-bond donors (Lipinski definition) is 2. The van der Waals surface area contributed by atoms with Gasteiger partial charge in [-0.1, -0.05) is 24.3 Å². The van der Waals surface area contributed by atoms with Crippen molar-refractivity contribution < 1.29 is 14.4 Å². The molecule has 1 aromatic carbocycles. The second kappa shape index (κ2) is 8.23. The number of carbonyl (C=O) groups is 3. The summed E-state index contributed by atoms with van der Waals surface area (Å²) in [5.74, 6) is -2.10. The summed E-state index contributed by atoms with van der Waals surface area (Å²) >= 11 is 0. The van der Waals surface area contributed by atoms with E-state index in [0.717, 1.165) is 16.5 Å². The van der Waals surface area contributed by atoms with E-state index < -0.39 is 23.6 Å². The molecule has 0 spiro atoms. The second-order valence-electron chi connectivity index (χ2n) is 7.06. The van der Waals surface area contributed by atoms with E-state index in [2.05, 4.69) is 15.4 Å². The molecule has 3 N–H and O–H groups in total. The van der Waals surface area contributed by atoms with Gasteiger partial charge < -0.3 is 15.6 Å². The molecular weight excluding hydrogens is 396 g/mol. The largest absolute Gasteiger partial charge is 0.363 e. The standard InChI is InChI=1S/C22H20N6O3/c1-27-13-14(15-6-2-3-7-17(15)27)12-16(20(29)21(23)30)26-22(31)18-9-11-25-28(18)19-8-4-5-10-24-19/h2-11,13,16H,12H2,1H3,(H2,23,30)(H,26,31). The van der Waals surface area contributed by atoms with Crippen LogP contribution in [0.1, 0.15) is 16.1 Å². The minimum absolute atomic E-state index is 0.118. The number of pyridine rings is 1. The molecule has 0 aliphatic carbocycles. The number of ketones is 1. The second-order valence-corrected chi connectivity index (χ2v) is 7.06. The van der Waals surface area contributed by atoms with Crippen molar-refractivity contribution in [3.63, 3.8) is 0 Å². The predicted molar refractivity (Wildman–Crippen MR) is 113 cm³/mol. The van der Waals surface area contributed by atoms with Crippen LogP contribution in [0.4, 0.5) is 0 Å². The molecule has 0 saturated heterocycles. The number of hydrogen-bond acceptors (Lipinski definition) is 5. The molecule has 3 heterocycles. The third kappa shape index (κ3) is 3.93. The van der Waals surface area contributed by atoms with Crippen LogP contribution in [0.5, 0.6) is 0 Å². The Balaban J connectivity index is 1.64. The molecule has 4 aromatic rings. The number of aromatic nitrogens is 4. The Kier molecular flexibility index (Phi) is 5.31. The van der Waals surface area contributed by atoms with Gasteiger partial charge in [0.25, 0.3) is 11.8 Å². The molecule has 9 nitrogen and oxygen atoms in total. The number of primary amides is 1. The Morgan fingerprint density at radius 1 is 1.06 bits per heavy atom. The lowest BCUT2D eigenvalue weighted by atomic mass is 10.0. The van der Waals surface area contributed by atoms with Crippen LogP contribution >= 0.6 is 0 Å². The van der Waals surface area contributed by atoms with Crippen molar-refractivity contribution in [2.75, 3.05) is 0 Å². The van der Waals surface area contributed by atoms with Crippen LogP contribution in [0, 0.1) is 0 Å². The Morgan fingerprint density at radius 3 is 2.58 bits per heavy atom. The van der Waals surface area contributed by atoms with E-state index in [1.807, 2.05) is 42.1 Å². The number of carbonyl (C=O) groups excluding carboxylic acids is 3. The average molecular weight is 416 g/mol. The maximum Gasteiger partial charge on any atom is 0.287 e. The van der Waals surface area contributed by atoms with Crippen LogP contribution in [0.2, 0.25) is 0 Å². The maximum absolute atomic E-state index is 13.0. The Bertz CT molecular complexity index is 1270. The summed E-state index contributed by atoms with van der Waals surface area (Å²) in [7, 11) is 1.89. The zero-order valence-corrected chi connectivity index (χ0v) is 16.7. The summed E-state index contributed by atoms with van der Waals surface area (Å²) in [5.41, 5.74) is 7.22. The minimum Gasteiger partial charge on any atom is -0.363 e. The Labute approximate surface area is 177 Å². The van der Waals surface area contributed by atoms with Gasteiger partial charge in [0.05, 0.1) is 6.20 Å². The molecule has 1 atom stereocenters. The fourth-order valence-electron chi connectivity index (χ4n) is 3.56. The van der Waals surface area contributed by atoms with Crippen LogP contribution in [-0.2, 0) is 23.1 Å². The monoisotopic (exact) mass is 416 g/mol. The third-order valence-electron chi connectivity index (χ3n) is 5.01. The normalized spacial score (nSPS) is 11.9. The molecule has 3 aromatic heterocycles. The van der Waals surface area contributed by atoms with Crippen LogP contribution in [0.15, 0.2) is 67.1 Å². The molecule has 0 saturated carbocycles. The molecular formula is C22H20N6O3. The molecule has 156 valence electrons. The van der Waals surface area contributed by atoms with Gasteiger partial charge in [-0.3, -0.25) is 14.4 Å². The molecule has 9 heteroatoms. The van der Waals surface area contributed by atoms with Crippen molar-refractivity contribution >= 4 is 28.5 Å². The lowest BCUT2D eigenvalue weighted by Gasteiger charge is -2.16. The highest BCUT2D eigenvalue weighted by atomic mass is 16.2. The van der Waals surface area contributed by atoms with Crippen molar-refractivity contribution in [1.82, 2.24) is 24.6 Å². The van der Waals surface area contributed by atoms with Gasteiger partial charge in [0.2, 0.25) is 5.78 Å². The van der Waals surface area contributed by atoms with E-state index in [9.17, 15) is 14.4 Å². The summed E-state index contributed by atoms with van der Waals surface area (Å²) < 4.78 is 3.29. The van der Waals surface area contributed by atoms with Gasteiger partial charge in [0.1, 0.15) is 11.7 Å². The molecule has 0 fully saturated rings. The number of para-hydroxylation sites is 1. The van der Waals surface area contributed by atoms with Crippen molar-refractivity contribution in [3.05, 3.63) is 78.4 Å². The highest BCUT2D eigenvalue weighted by Crippen LogP contribution is 2.22. The van der Waals surface area contributed by atoms with Crippen molar-refractivity contribution in [2.24, 2.45) is 12.8 Å². The number of Topliss-reactive ketones (excluding diaryl/α,β-unsaturated/α-hetero) is 1. The quantitative estimate of drug-likeness (QED) is 0.437. The summed E-state index contributed by atoms with van der Waals surface area (Å²) in [4.78, 5) is 41.3. The summed E-state index contributed by atoms with van der Waals surface area (Å²) in [6.45, 7) is 0. The molecule has 0 aliphatic heterocycles. The molecule has 31 heavy (non-hydrogen) atoms. The van der Waals surface area contributed by atoms with E-state index in [-0.39, 0.29) is 12.1 Å². The van der Waals surface area contributed by atoms with Gasteiger partial charge in [-0.05, 0) is 29.8 Å². The first-order valence-corrected chi connectivity index (χ1v) is 9.58. The van der Waals surface area contributed by atoms with E-state index in [1.54, 1.807) is 24.4 Å². The number of nitrogens with two attached hydrogens (primary N) is 1. The number of nitrogens with zero attached hydrogens (tertiary/aromatic N) is 4. The predicted octanol–water partition coefficient (Wildman–Crippen LogP) is 1.15. The van der Waals surface area contributed by atoms with Gasteiger partial charge in [-0.25, -0.2) is 9.67 Å². The third-order valence-corrected chi connectivity index (χ3v) is 5.01. The number of fused-ring (bicyclic) bond motifs is 1. The number of aryl methyl sites for hydroxylation is 1. The van der Waals surface area contributed by atoms with Gasteiger partial charge in [-0.2, -0.15) is 5.10 Å². The molecule has 0 radical (unpaired) electrons. The van der Waals surface area contributed by atoms with Crippen molar-refractivity contribution in [1.29, 1.82) is 0 Å². The SMILES string of the molecule is Cn1cc(CC(NC(=O)c2ccnn2-c2ccccn2)C(=O)C(N)=O)c2ccccc21. The molecule has 1 unspecified atom stereocenters. The maximum atomic E-state index is 13.0. The number of nitrogens with one attached hydrogen (secondary N) is 1. The molecule has 0 bridgehead atoms. The fraction of sp³-hybridized carbons (Fsp3) is 0.136. The lowest BCUT2D eigenvalue weighted by molar-refractivity contribution is -0.137. The molecule has 0 aliphatic rings. The minimum atomic E-state index is -1.12. The smallest absolute Gasteiger partial charge is 0.287 e. The summed E-state index contributed by atoms with van der Waals surface area (Å²) in [5, 5.41) is 7.71. The topological polar surface area (TPSA) is 125 Å².